The summed E-state index contributed by atoms with van der Waals surface area (Å²) < 4.78 is 11.7. The Kier molecular flexibility index (Phi) is 5.45. The van der Waals surface area contributed by atoms with E-state index in [1.165, 1.54) is 24.0 Å². The van der Waals surface area contributed by atoms with Crippen LogP contribution in [0.15, 0.2) is 53.5 Å². The first-order valence-electron chi connectivity index (χ1n) is 9.08. The maximum absolute atomic E-state index is 5.92. The van der Waals surface area contributed by atoms with Crippen molar-refractivity contribution >= 4 is 12.4 Å². The molecule has 4 heteroatoms. The molecule has 25 heavy (non-hydrogen) atoms. The minimum absolute atomic E-state index is 0. The van der Waals surface area contributed by atoms with E-state index >= 15 is 0 Å². The van der Waals surface area contributed by atoms with Gasteiger partial charge in [-0.25, -0.2) is 0 Å². The molecule has 3 aliphatic rings. The molecule has 1 aromatic carbocycles. The molecule has 3 nitrogen and oxygen atoms in total. The second-order valence-electron chi connectivity index (χ2n) is 7.26. The fraction of sp³-hybridized carbons (Fsp3) is 0.524. The van der Waals surface area contributed by atoms with Crippen LogP contribution >= 0.6 is 12.4 Å². The predicted octanol–water partition coefficient (Wildman–Crippen LogP) is 4.42. The number of methoxy groups -OCH3 is 2. The first kappa shape index (κ1) is 18.3. The molecule has 0 radical (unpaired) electrons. The fourth-order valence-electron chi connectivity index (χ4n) is 5.32. The standard InChI is InChI=1S/C21H27NO2.ClH/c1-23-18-9-6-11-21-14-22-12-10-17(21)16(13-19(24-2)20(18)21)15-7-4-3-5-8-15;/h3-5,7-9,16-17,22H,6,10-14H2,1-2H3;1H. The lowest BCUT2D eigenvalue weighted by Gasteiger charge is -2.54. The maximum Gasteiger partial charge on any atom is 0.122 e. The van der Waals surface area contributed by atoms with E-state index in [4.69, 9.17) is 9.47 Å². The van der Waals surface area contributed by atoms with Crippen LogP contribution in [0, 0.1) is 11.3 Å². The van der Waals surface area contributed by atoms with Crippen molar-refractivity contribution in [1.29, 1.82) is 0 Å². The summed E-state index contributed by atoms with van der Waals surface area (Å²) in [5.41, 5.74) is 2.93. The van der Waals surface area contributed by atoms with Crippen molar-refractivity contribution in [1.82, 2.24) is 5.32 Å². The third kappa shape index (κ3) is 2.88. The molecule has 0 saturated carbocycles. The van der Waals surface area contributed by atoms with Gasteiger partial charge >= 0.3 is 0 Å². The van der Waals surface area contributed by atoms with Gasteiger partial charge in [0.1, 0.15) is 11.5 Å². The van der Waals surface area contributed by atoms with Crippen molar-refractivity contribution in [2.45, 2.75) is 31.6 Å². The minimum atomic E-state index is 0. The van der Waals surface area contributed by atoms with Crippen LogP contribution in [0.3, 0.4) is 0 Å². The molecule has 1 spiro atoms. The van der Waals surface area contributed by atoms with Gasteiger partial charge in [-0.15, -0.1) is 12.4 Å². The van der Waals surface area contributed by atoms with Crippen LogP contribution in [0.25, 0.3) is 0 Å². The summed E-state index contributed by atoms with van der Waals surface area (Å²) in [7, 11) is 3.61. The van der Waals surface area contributed by atoms with Gasteiger partial charge in [0.2, 0.25) is 0 Å². The molecule has 3 unspecified atom stereocenters. The van der Waals surface area contributed by atoms with Gasteiger partial charge in [-0.05, 0) is 49.3 Å². The van der Waals surface area contributed by atoms with E-state index in [1.807, 2.05) is 7.11 Å². The molecule has 1 aliphatic heterocycles. The number of nitrogens with one attached hydrogen (secondary N) is 1. The lowest BCUT2D eigenvalue weighted by Crippen LogP contribution is -2.53. The Morgan fingerprint density at radius 2 is 1.92 bits per heavy atom. The smallest absolute Gasteiger partial charge is 0.122 e. The highest BCUT2D eigenvalue weighted by molar-refractivity contribution is 5.85. The summed E-state index contributed by atoms with van der Waals surface area (Å²) in [6, 6.07) is 11.0. The van der Waals surface area contributed by atoms with Crippen LogP contribution in [-0.4, -0.2) is 27.3 Å². The van der Waals surface area contributed by atoms with E-state index in [9.17, 15) is 0 Å². The van der Waals surface area contributed by atoms with Crippen LogP contribution in [0.4, 0.5) is 0 Å². The number of hydrogen-bond donors (Lipinski definition) is 1. The SMILES string of the molecule is COC1=CCCC23CNCCC2C(c2ccccc2)CC(OC)=C13.Cl. The number of hydrogen-bond acceptors (Lipinski definition) is 3. The van der Waals surface area contributed by atoms with Gasteiger partial charge in [-0.2, -0.15) is 0 Å². The van der Waals surface area contributed by atoms with Crippen molar-refractivity contribution in [3.8, 4) is 0 Å². The van der Waals surface area contributed by atoms with Gasteiger partial charge in [0.25, 0.3) is 0 Å². The molecule has 2 aliphatic carbocycles. The van der Waals surface area contributed by atoms with Crippen LogP contribution in [0.5, 0.6) is 0 Å². The quantitative estimate of drug-likeness (QED) is 0.864. The van der Waals surface area contributed by atoms with Crippen LogP contribution in [0.2, 0.25) is 0 Å². The Morgan fingerprint density at radius 3 is 2.64 bits per heavy atom. The molecule has 0 aromatic heterocycles. The van der Waals surface area contributed by atoms with E-state index in [0.29, 0.717) is 11.8 Å². The molecule has 1 saturated heterocycles. The normalized spacial score (nSPS) is 31.2. The van der Waals surface area contributed by atoms with E-state index in [-0.39, 0.29) is 17.8 Å². The van der Waals surface area contributed by atoms with Gasteiger partial charge in [0.15, 0.2) is 0 Å². The Bertz CT molecular complexity index is 670. The van der Waals surface area contributed by atoms with Crippen molar-refractivity contribution in [3.63, 3.8) is 0 Å². The number of halogens is 1. The second kappa shape index (κ2) is 7.43. The highest BCUT2D eigenvalue weighted by Gasteiger charge is 2.53. The van der Waals surface area contributed by atoms with Gasteiger partial charge in [-0.3, -0.25) is 0 Å². The summed E-state index contributed by atoms with van der Waals surface area (Å²) >= 11 is 0. The third-order valence-electron chi connectivity index (χ3n) is 6.31. The third-order valence-corrected chi connectivity index (χ3v) is 6.31. The monoisotopic (exact) mass is 361 g/mol. The van der Waals surface area contributed by atoms with Gasteiger partial charge in [0.05, 0.1) is 14.2 Å². The molecule has 1 fully saturated rings. The van der Waals surface area contributed by atoms with Crippen LogP contribution in [-0.2, 0) is 9.47 Å². The fourth-order valence-corrected chi connectivity index (χ4v) is 5.32. The number of benzene rings is 1. The first-order chi connectivity index (χ1) is 11.8. The molecular formula is C21H28ClNO2. The Hall–Kier alpha value is -1.45. The van der Waals surface area contributed by atoms with Crippen molar-refractivity contribution in [2.75, 3.05) is 27.3 Å². The van der Waals surface area contributed by atoms with E-state index in [0.717, 1.165) is 37.4 Å². The van der Waals surface area contributed by atoms with Crippen molar-refractivity contribution < 1.29 is 9.47 Å². The average molecular weight is 362 g/mol. The first-order valence-corrected chi connectivity index (χ1v) is 9.08. The number of rotatable bonds is 3. The summed E-state index contributed by atoms with van der Waals surface area (Å²) in [5, 5.41) is 3.66. The zero-order valence-corrected chi connectivity index (χ0v) is 15.9. The molecule has 1 N–H and O–H groups in total. The van der Waals surface area contributed by atoms with Crippen molar-refractivity contribution in [3.05, 3.63) is 59.1 Å². The lowest BCUT2D eigenvalue weighted by molar-refractivity contribution is 0.0654. The number of allylic oxidation sites excluding steroid dienone is 3. The molecule has 1 aromatic rings. The van der Waals surface area contributed by atoms with E-state index < -0.39 is 0 Å². The van der Waals surface area contributed by atoms with Crippen molar-refractivity contribution in [2.24, 2.45) is 11.3 Å². The van der Waals surface area contributed by atoms with Gasteiger partial charge < -0.3 is 14.8 Å². The zero-order valence-electron chi connectivity index (χ0n) is 15.1. The van der Waals surface area contributed by atoms with Crippen LogP contribution in [0.1, 0.15) is 37.2 Å². The molecule has 0 amide bonds. The maximum atomic E-state index is 5.92. The number of piperidine rings is 1. The van der Waals surface area contributed by atoms with E-state index in [2.05, 4.69) is 41.7 Å². The predicted molar refractivity (Wildman–Crippen MR) is 103 cm³/mol. The molecular weight excluding hydrogens is 334 g/mol. The Labute approximate surface area is 156 Å². The summed E-state index contributed by atoms with van der Waals surface area (Å²) in [6.45, 7) is 2.14. The highest BCUT2D eigenvalue weighted by Crippen LogP contribution is 2.59. The molecule has 0 bridgehead atoms. The van der Waals surface area contributed by atoms with E-state index in [1.54, 1.807) is 7.11 Å². The average Bonchev–Trinajstić information content (AvgIpc) is 2.66. The lowest BCUT2D eigenvalue weighted by atomic mass is 9.53. The Morgan fingerprint density at radius 1 is 1.12 bits per heavy atom. The minimum Gasteiger partial charge on any atom is -0.501 e. The Balaban J connectivity index is 0.00000182. The largest absolute Gasteiger partial charge is 0.501 e. The number of ether oxygens (including phenoxy) is 2. The molecule has 3 atom stereocenters. The molecule has 4 rings (SSSR count). The topological polar surface area (TPSA) is 30.5 Å². The molecule has 1 heterocycles. The summed E-state index contributed by atoms with van der Waals surface area (Å²) in [4.78, 5) is 0. The highest BCUT2D eigenvalue weighted by atomic mass is 35.5. The summed E-state index contributed by atoms with van der Waals surface area (Å²) in [6.07, 6.45) is 6.71. The second-order valence-corrected chi connectivity index (χ2v) is 7.26. The van der Waals surface area contributed by atoms with Gasteiger partial charge in [-0.1, -0.05) is 30.3 Å². The summed E-state index contributed by atoms with van der Waals surface area (Å²) in [5.74, 6) is 3.34. The van der Waals surface area contributed by atoms with Crippen LogP contribution < -0.4 is 5.32 Å². The van der Waals surface area contributed by atoms with Gasteiger partial charge in [0, 0.05) is 24.0 Å². The zero-order chi connectivity index (χ0) is 16.6. The molecule has 136 valence electrons.